The fraction of sp³-hybridized carbons (Fsp3) is 0.353. The quantitative estimate of drug-likeness (QED) is 0.855. The Kier molecular flexibility index (Phi) is 4.83. The highest BCUT2D eigenvalue weighted by Gasteiger charge is 2.16. The molecule has 2 heterocycles. The van der Waals surface area contributed by atoms with Crippen LogP contribution in [0.5, 0.6) is 0 Å². The molecular weight excluding hydrogens is 292 g/mol. The lowest BCUT2D eigenvalue weighted by molar-refractivity contribution is -0.118. The van der Waals surface area contributed by atoms with Crippen LogP contribution in [-0.4, -0.2) is 40.6 Å². The van der Waals surface area contributed by atoms with Crippen molar-refractivity contribution in [3.8, 4) is 11.5 Å². The lowest BCUT2D eigenvalue weighted by Gasteiger charge is -2.26. The molecule has 0 saturated carbocycles. The molecule has 0 spiro atoms. The van der Waals surface area contributed by atoms with Gasteiger partial charge in [-0.05, 0) is 24.1 Å². The van der Waals surface area contributed by atoms with E-state index in [1.54, 1.807) is 0 Å². The summed E-state index contributed by atoms with van der Waals surface area (Å²) in [4.78, 5) is 17.7. The second kappa shape index (κ2) is 7.19. The lowest BCUT2D eigenvalue weighted by atomic mass is 10.1. The third-order valence-electron chi connectivity index (χ3n) is 3.72. The second-order valence-electron chi connectivity index (χ2n) is 5.65. The van der Waals surface area contributed by atoms with Crippen LogP contribution < -0.4 is 5.32 Å². The summed E-state index contributed by atoms with van der Waals surface area (Å²) >= 11 is 0. The molecule has 0 unspecified atom stereocenters. The van der Waals surface area contributed by atoms with E-state index in [1.807, 2.05) is 30.3 Å². The Labute approximate surface area is 135 Å². The number of benzene rings is 1. The zero-order valence-electron chi connectivity index (χ0n) is 13.2. The minimum absolute atomic E-state index is 0.00584. The first-order valence-corrected chi connectivity index (χ1v) is 7.73. The van der Waals surface area contributed by atoms with Crippen molar-refractivity contribution in [2.45, 2.75) is 19.9 Å². The van der Waals surface area contributed by atoms with E-state index in [1.165, 1.54) is 12.5 Å². The Morgan fingerprint density at radius 1 is 1.35 bits per heavy atom. The van der Waals surface area contributed by atoms with Gasteiger partial charge in [0, 0.05) is 32.1 Å². The summed E-state index contributed by atoms with van der Waals surface area (Å²) < 4.78 is 5.34. The van der Waals surface area contributed by atoms with Gasteiger partial charge in [0.05, 0.1) is 6.54 Å². The average molecular weight is 312 g/mol. The summed E-state index contributed by atoms with van der Waals surface area (Å²) in [5.74, 6) is 1.23. The van der Waals surface area contributed by atoms with E-state index < -0.39 is 0 Å². The molecule has 0 atom stereocenters. The van der Waals surface area contributed by atoms with Crippen LogP contribution >= 0.6 is 0 Å². The third kappa shape index (κ3) is 4.26. The van der Waals surface area contributed by atoms with Crippen LogP contribution in [0.4, 0.5) is 0 Å². The van der Waals surface area contributed by atoms with E-state index in [2.05, 4.69) is 26.4 Å². The number of aromatic nitrogens is 2. The highest BCUT2D eigenvalue weighted by atomic mass is 16.5. The van der Waals surface area contributed by atoms with E-state index in [-0.39, 0.29) is 5.91 Å². The van der Waals surface area contributed by atoms with Crippen molar-refractivity contribution in [1.29, 1.82) is 0 Å². The molecule has 3 rings (SSSR count). The van der Waals surface area contributed by atoms with Gasteiger partial charge in [-0.25, -0.2) is 0 Å². The van der Waals surface area contributed by atoms with Crippen LogP contribution in [0.1, 0.15) is 19.2 Å². The van der Waals surface area contributed by atoms with E-state index in [9.17, 15) is 4.79 Å². The van der Waals surface area contributed by atoms with Gasteiger partial charge in [-0.3, -0.25) is 9.69 Å². The number of carbonyl (C=O) groups is 1. The summed E-state index contributed by atoms with van der Waals surface area (Å²) in [7, 11) is 0. The lowest BCUT2D eigenvalue weighted by Crippen LogP contribution is -2.34. The maximum Gasteiger partial charge on any atom is 0.257 e. The number of nitrogens with zero attached hydrogens (tertiary/aromatic N) is 3. The molecular formula is C17H20N4O2. The smallest absolute Gasteiger partial charge is 0.257 e. The standard InChI is InChI=1S/C17H20N4O2/c1-13(22)18-10-14-6-5-9-21(11-14)12-16-19-17(23-20-16)15-7-3-2-4-8-15/h2-4,6-8H,5,9-12H2,1H3,(H,18,22). The van der Waals surface area contributed by atoms with Crippen LogP contribution in [0, 0.1) is 0 Å². The number of nitrogens with one attached hydrogen (secondary N) is 1. The SMILES string of the molecule is CC(=O)NCC1=CCCN(Cc2noc(-c3ccccc3)n2)C1. The zero-order valence-corrected chi connectivity index (χ0v) is 13.2. The largest absolute Gasteiger partial charge is 0.353 e. The van der Waals surface area contributed by atoms with Crippen molar-refractivity contribution in [2.75, 3.05) is 19.6 Å². The Morgan fingerprint density at radius 3 is 2.96 bits per heavy atom. The van der Waals surface area contributed by atoms with Crippen molar-refractivity contribution in [3.63, 3.8) is 0 Å². The number of hydrogen-bond acceptors (Lipinski definition) is 5. The van der Waals surface area contributed by atoms with Crippen molar-refractivity contribution >= 4 is 5.91 Å². The van der Waals surface area contributed by atoms with Gasteiger partial charge < -0.3 is 9.84 Å². The molecule has 1 aromatic heterocycles. The molecule has 6 nitrogen and oxygen atoms in total. The third-order valence-corrected chi connectivity index (χ3v) is 3.72. The van der Waals surface area contributed by atoms with E-state index >= 15 is 0 Å². The van der Waals surface area contributed by atoms with Gasteiger partial charge in [-0.1, -0.05) is 29.4 Å². The molecule has 0 fully saturated rings. The first-order chi connectivity index (χ1) is 11.2. The van der Waals surface area contributed by atoms with Crippen molar-refractivity contribution < 1.29 is 9.32 Å². The van der Waals surface area contributed by atoms with Gasteiger partial charge in [0.1, 0.15) is 0 Å². The number of amides is 1. The van der Waals surface area contributed by atoms with Gasteiger partial charge in [0.15, 0.2) is 5.82 Å². The molecule has 2 aromatic rings. The Bertz CT molecular complexity index is 694. The Balaban J connectivity index is 1.59. The second-order valence-corrected chi connectivity index (χ2v) is 5.65. The summed E-state index contributed by atoms with van der Waals surface area (Å²) in [6.07, 6.45) is 3.16. The van der Waals surface area contributed by atoms with Crippen LogP contribution in [0.15, 0.2) is 46.5 Å². The molecule has 120 valence electrons. The molecule has 6 heteroatoms. The van der Waals surface area contributed by atoms with Crippen LogP contribution in [0.3, 0.4) is 0 Å². The van der Waals surface area contributed by atoms with Gasteiger partial charge in [-0.15, -0.1) is 0 Å². The summed E-state index contributed by atoms with van der Waals surface area (Å²) in [5, 5.41) is 6.91. The zero-order chi connectivity index (χ0) is 16.1. The molecule has 1 N–H and O–H groups in total. The van der Waals surface area contributed by atoms with Gasteiger partial charge in [-0.2, -0.15) is 4.98 Å². The molecule has 0 radical (unpaired) electrons. The minimum atomic E-state index is -0.00584. The molecule has 0 aliphatic carbocycles. The first kappa shape index (κ1) is 15.4. The number of hydrogen-bond donors (Lipinski definition) is 1. The summed E-state index contributed by atoms with van der Waals surface area (Å²) in [6.45, 7) is 4.56. The Morgan fingerprint density at radius 2 is 2.17 bits per heavy atom. The maximum atomic E-state index is 11.0. The predicted molar refractivity (Wildman–Crippen MR) is 86.4 cm³/mol. The monoisotopic (exact) mass is 312 g/mol. The molecule has 1 aromatic carbocycles. The topological polar surface area (TPSA) is 71.3 Å². The molecule has 1 amide bonds. The predicted octanol–water partition coefficient (Wildman–Crippen LogP) is 2.00. The highest BCUT2D eigenvalue weighted by molar-refractivity contribution is 5.73. The fourth-order valence-corrected chi connectivity index (χ4v) is 2.60. The normalized spacial score (nSPS) is 15.3. The Hall–Kier alpha value is -2.47. The maximum absolute atomic E-state index is 11.0. The van der Waals surface area contributed by atoms with Gasteiger partial charge in [0.25, 0.3) is 5.89 Å². The highest BCUT2D eigenvalue weighted by Crippen LogP contribution is 2.17. The average Bonchev–Trinajstić information content (AvgIpc) is 3.03. The summed E-state index contributed by atoms with van der Waals surface area (Å²) in [5.41, 5.74) is 2.15. The van der Waals surface area contributed by atoms with Gasteiger partial charge in [0.2, 0.25) is 5.91 Å². The van der Waals surface area contributed by atoms with E-state index in [0.29, 0.717) is 24.8 Å². The minimum Gasteiger partial charge on any atom is -0.353 e. The molecule has 1 aliphatic heterocycles. The van der Waals surface area contributed by atoms with Crippen LogP contribution in [-0.2, 0) is 11.3 Å². The van der Waals surface area contributed by atoms with E-state index in [0.717, 1.165) is 25.1 Å². The molecule has 23 heavy (non-hydrogen) atoms. The van der Waals surface area contributed by atoms with Crippen molar-refractivity contribution in [2.24, 2.45) is 0 Å². The van der Waals surface area contributed by atoms with Crippen molar-refractivity contribution in [3.05, 3.63) is 47.8 Å². The van der Waals surface area contributed by atoms with Gasteiger partial charge >= 0.3 is 0 Å². The number of rotatable bonds is 5. The molecule has 1 aliphatic rings. The fourth-order valence-electron chi connectivity index (χ4n) is 2.60. The van der Waals surface area contributed by atoms with E-state index in [4.69, 9.17) is 4.52 Å². The molecule has 0 bridgehead atoms. The number of carbonyl (C=O) groups excluding carboxylic acids is 1. The summed E-state index contributed by atoms with van der Waals surface area (Å²) in [6, 6.07) is 9.75. The van der Waals surface area contributed by atoms with Crippen molar-refractivity contribution in [1.82, 2.24) is 20.4 Å². The molecule has 0 saturated heterocycles. The van der Waals surface area contributed by atoms with Crippen LogP contribution in [0.25, 0.3) is 11.5 Å². The van der Waals surface area contributed by atoms with Crippen LogP contribution in [0.2, 0.25) is 0 Å². The first-order valence-electron chi connectivity index (χ1n) is 7.73.